The number of carbonyl (C=O) groups excluding carboxylic acids is 1. The van der Waals surface area contributed by atoms with Crippen molar-refractivity contribution in [2.45, 2.75) is 39.5 Å². The maximum absolute atomic E-state index is 12.6. The first-order chi connectivity index (χ1) is 8.12. The van der Waals surface area contributed by atoms with E-state index >= 15 is 0 Å². The molecule has 0 spiro atoms. The maximum atomic E-state index is 12.6. The van der Waals surface area contributed by atoms with Gasteiger partial charge in [0, 0.05) is 6.04 Å². The van der Waals surface area contributed by atoms with Crippen molar-refractivity contribution in [2.24, 2.45) is 0 Å². The largest absolute Gasteiger partial charge is 0.436 e. The smallest absolute Gasteiger partial charge is 0.352 e. The van der Waals surface area contributed by atoms with Gasteiger partial charge in [0.1, 0.15) is 6.54 Å². The minimum atomic E-state index is -4.54. The molecule has 0 aromatic carbocycles. The summed E-state index contributed by atoms with van der Waals surface area (Å²) in [4.78, 5) is 11.5. The van der Waals surface area contributed by atoms with Crippen LogP contribution in [0.5, 0.6) is 0 Å². The Hall–Kier alpha value is -1.05. The van der Waals surface area contributed by atoms with Crippen LogP contribution in [0.4, 0.5) is 13.2 Å². The predicted molar refractivity (Wildman–Crippen MR) is 62.9 cm³/mol. The summed E-state index contributed by atoms with van der Waals surface area (Å²) in [5.41, 5.74) is -0.751. The van der Waals surface area contributed by atoms with Crippen LogP contribution in [-0.4, -0.2) is 21.7 Å². The molecule has 0 fully saturated rings. The lowest BCUT2D eigenvalue weighted by Gasteiger charge is -2.09. The van der Waals surface area contributed by atoms with E-state index in [4.69, 9.17) is 0 Å². The first-order valence-corrected chi connectivity index (χ1v) is 6.01. The van der Waals surface area contributed by atoms with E-state index < -0.39 is 11.9 Å². The molecule has 1 rings (SSSR count). The molecule has 102 valence electrons. The van der Waals surface area contributed by atoms with Gasteiger partial charge in [0.2, 0.25) is 5.91 Å². The fourth-order valence-electron chi connectivity index (χ4n) is 1.36. The number of amides is 1. The van der Waals surface area contributed by atoms with Gasteiger partial charge in [0.25, 0.3) is 0 Å². The van der Waals surface area contributed by atoms with Crippen molar-refractivity contribution in [1.82, 2.24) is 15.1 Å². The highest BCUT2D eigenvalue weighted by atomic mass is 79.9. The van der Waals surface area contributed by atoms with E-state index in [-0.39, 0.29) is 28.7 Å². The molecule has 0 bridgehead atoms. The second kappa shape index (κ2) is 5.29. The van der Waals surface area contributed by atoms with Gasteiger partial charge in [-0.3, -0.25) is 9.48 Å². The zero-order valence-corrected chi connectivity index (χ0v) is 11.7. The molecule has 1 heterocycles. The van der Waals surface area contributed by atoms with Crippen LogP contribution in [-0.2, 0) is 17.5 Å². The third-order valence-corrected chi connectivity index (χ3v) is 3.09. The summed E-state index contributed by atoms with van der Waals surface area (Å²) in [6.07, 6.45) is -4.54. The van der Waals surface area contributed by atoms with Gasteiger partial charge in [-0.05, 0) is 36.7 Å². The van der Waals surface area contributed by atoms with Gasteiger partial charge in [0.05, 0.1) is 10.2 Å². The monoisotopic (exact) mass is 327 g/mol. The fraction of sp³-hybridized carbons (Fsp3) is 0.600. The Kier molecular flexibility index (Phi) is 4.41. The number of carbonyl (C=O) groups is 1. The fourth-order valence-corrected chi connectivity index (χ4v) is 1.87. The SMILES string of the molecule is Cc1c(Br)c(C(F)(F)F)nn1CC(=O)NC(C)C. The number of alkyl halides is 3. The topological polar surface area (TPSA) is 46.9 Å². The number of halogens is 4. The molecule has 8 heteroatoms. The molecule has 0 atom stereocenters. The lowest BCUT2D eigenvalue weighted by atomic mass is 10.3. The van der Waals surface area contributed by atoms with E-state index in [0.29, 0.717) is 0 Å². The standard InChI is InChI=1S/C10H13BrF3N3O/c1-5(2)15-7(18)4-17-6(3)8(11)9(16-17)10(12,13)14/h5H,4H2,1-3H3,(H,15,18). The average Bonchev–Trinajstić information content (AvgIpc) is 2.44. The second-order valence-electron chi connectivity index (χ2n) is 4.13. The van der Waals surface area contributed by atoms with Crippen molar-refractivity contribution in [3.63, 3.8) is 0 Å². The molecule has 0 aliphatic heterocycles. The number of rotatable bonds is 3. The zero-order valence-electron chi connectivity index (χ0n) is 10.1. The zero-order chi connectivity index (χ0) is 14.1. The van der Waals surface area contributed by atoms with Gasteiger partial charge in [-0.1, -0.05) is 0 Å². The van der Waals surface area contributed by atoms with Gasteiger partial charge in [-0.15, -0.1) is 0 Å². The van der Waals surface area contributed by atoms with Crippen molar-refractivity contribution in [1.29, 1.82) is 0 Å². The minimum absolute atomic E-state index is 0.0705. The lowest BCUT2D eigenvalue weighted by molar-refractivity contribution is -0.142. The summed E-state index contributed by atoms with van der Waals surface area (Å²) in [5.74, 6) is -0.378. The number of aromatic nitrogens is 2. The van der Waals surface area contributed by atoms with Gasteiger partial charge < -0.3 is 5.32 Å². The van der Waals surface area contributed by atoms with Crippen LogP contribution < -0.4 is 5.32 Å². The lowest BCUT2D eigenvalue weighted by Crippen LogP contribution is -2.33. The van der Waals surface area contributed by atoms with E-state index in [0.717, 1.165) is 4.68 Å². The van der Waals surface area contributed by atoms with Crippen LogP contribution in [0.2, 0.25) is 0 Å². The third kappa shape index (κ3) is 3.47. The van der Waals surface area contributed by atoms with Gasteiger partial charge in [-0.2, -0.15) is 18.3 Å². The van der Waals surface area contributed by atoms with Crippen LogP contribution in [0, 0.1) is 6.92 Å². The van der Waals surface area contributed by atoms with Gasteiger partial charge in [-0.25, -0.2) is 0 Å². The van der Waals surface area contributed by atoms with E-state index in [1.165, 1.54) is 6.92 Å². The highest BCUT2D eigenvalue weighted by Crippen LogP contribution is 2.35. The first kappa shape index (κ1) is 15.0. The molecule has 0 saturated heterocycles. The molecule has 1 aromatic rings. The normalized spacial score (nSPS) is 12.0. The summed E-state index contributed by atoms with van der Waals surface area (Å²) in [5, 5.41) is 6.00. The van der Waals surface area contributed by atoms with Gasteiger partial charge in [0.15, 0.2) is 5.69 Å². The van der Waals surface area contributed by atoms with E-state index in [2.05, 4.69) is 26.3 Å². The van der Waals surface area contributed by atoms with Crippen molar-refractivity contribution >= 4 is 21.8 Å². The summed E-state index contributed by atoms with van der Waals surface area (Å²) >= 11 is 2.84. The molecule has 1 N–H and O–H groups in total. The molecule has 4 nitrogen and oxygen atoms in total. The quantitative estimate of drug-likeness (QED) is 0.927. The van der Waals surface area contributed by atoms with E-state index in [1.807, 2.05) is 0 Å². The van der Waals surface area contributed by atoms with Crippen molar-refractivity contribution in [3.8, 4) is 0 Å². The van der Waals surface area contributed by atoms with Crippen LogP contribution in [0.3, 0.4) is 0 Å². The highest BCUT2D eigenvalue weighted by Gasteiger charge is 2.38. The summed E-state index contributed by atoms with van der Waals surface area (Å²) in [6.45, 7) is 4.77. The second-order valence-corrected chi connectivity index (χ2v) is 4.92. The third-order valence-electron chi connectivity index (χ3n) is 2.14. The molecular weight excluding hydrogens is 315 g/mol. The number of hydrogen-bond donors (Lipinski definition) is 1. The Morgan fingerprint density at radius 2 is 2.06 bits per heavy atom. The summed E-state index contributed by atoms with van der Waals surface area (Å²) in [7, 11) is 0. The Balaban J connectivity index is 2.95. The van der Waals surface area contributed by atoms with Crippen molar-refractivity contribution in [2.75, 3.05) is 0 Å². The molecule has 0 saturated carbocycles. The maximum Gasteiger partial charge on any atom is 0.436 e. The predicted octanol–water partition coefficient (Wildman–Crippen LogP) is 2.50. The van der Waals surface area contributed by atoms with E-state index in [9.17, 15) is 18.0 Å². The Labute approximate surface area is 111 Å². The summed E-state index contributed by atoms with van der Waals surface area (Å²) in [6, 6.07) is -0.0705. The molecule has 1 aromatic heterocycles. The molecule has 0 radical (unpaired) electrons. The van der Waals surface area contributed by atoms with Crippen LogP contribution >= 0.6 is 15.9 Å². The Bertz CT molecular complexity index is 454. The molecule has 18 heavy (non-hydrogen) atoms. The van der Waals surface area contributed by atoms with Crippen molar-refractivity contribution < 1.29 is 18.0 Å². The number of nitrogens with one attached hydrogen (secondary N) is 1. The highest BCUT2D eigenvalue weighted by molar-refractivity contribution is 9.10. The summed E-state index contributed by atoms with van der Waals surface area (Å²) < 4.78 is 38.6. The van der Waals surface area contributed by atoms with E-state index in [1.54, 1.807) is 13.8 Å². The molecule has 0 aliphatic rings. The Morgan fingerprint density at radius 1 is 1.50 bits per heavy atom. The number of nitrogens with zero attached hydrogens (tertiary/aromatic N) is 2. The molecule has 1 amide bonds. The van der Waals surface area contributed by atoms with Gasteiger partial charge >= 0.3 is 6.18 Å². The molecule has 0 unspecified atom stereocenters. The Morgan fingerprint density at radius 3 is 2.44 bits per heavy atom. The van der Waals surface area contributed by atoms with Crippen molar-refractivity contribution in [3.05, 3.63) is 15.9 Å². The minimum Gasteiger partial charge on any atom is -0.352 e. The average molecular weight is 328 g/mol. The van der Waals surface area contributed by atoms with Crippen LogP contribution in [0.1, 0.15) is 25.2 Å². The molecular formula is C10H13BrF3N3O. The molecule has 0 aliphatic carbocycles. The van der Waals surface area contributed by atoms with Crippen LogP contribution in [0.25, 0.3) is 0 Å². The number of hydrogen-bond acceptors (Lipinski definition) is 2. The van der Waals surface area contributed by atoms with Crippen LogP contribution in [0.15, 0.2) is 4.47 Å². The first-order valence-electron chi connectivity index (χ1n) is 5.22.